The number of nitrogens with one attached hydrogen (secondary N) is 1. The molecule has 0 saturated carbocycles. The minimum Gasteiger partial charge on any atom is -0.465 e. The standard InChI is InChI=1S/C15H13BrN2O2/c1-20-15(19)14-11(6-5-9-13(14)16)10-17-18-12-7-3-2-4-8-12/h2-10,18H,1H3. The Morgan fingerprint density at radius 3 is 2.65 bits per heavy atom. The van der Waals surface area contributed by atoms with E-state index in [1.807, 2.05) is 36.4 Å². The van der Waals surface area contributed by atoms with E-state index in [4.69, 9.17) is 4.74 Å². The molecule has 0 fully saturated rings. The molecular weight excluding hydrogens is 320 g/mol. The molecule has 20 heavy (non-hydrogen) atoms. The molecule has 0 aliphatic heterocycles. The van der Waals surface area contributed by atoms with Crippen LogP contribution in [0.4, 0.5) is 5.69 Å². The fraction of sp³-hybridized carbons (Fsp3) is 0.0667. The Morgan fingerprint density at radius 1 is 1.20 bits per heavy atom. The summed E-state index contributed by atoms with van der Waals surface area (Å²) in [6.45, 7) is 0. The van der Waals surface area contributed by atoms with E-state index in [1.54, 1.807) is 18.3 Å². The number of benzene rings is 2. The lowest BCUT2D eigenvalue weighted by molar-refractivity contribution is 0.0599. The molecule has 0 amide bonds. The van der Waals surface area contributed by atoms with Crippen molar-refractivity contribution in [3.63, 3.8) is 0 Å². The van der Waals surface area contributed by atoms with Gasteiger partial charge in [-0.25, -0.2) is 4.79 Å². The van der Waals surface area contributed by atoms with Crippen LogP contribution in [0, 0.1) is 0 Å². The molecule has 0 radical (unpaired) electrons. The number of methoxy groups -OCH3 is 1. The van der Waals surface area contributed by atoms with Crippen LogP contribution in [-0.4, -0.2) is 19.3 Å². The van der Waals surface area contributed by atoms with E-state index in [2.05, 4.69) is 26.5 Å². The molecule has 0 unspecified atom stereocenters. The smallest absolute Gasteiger partial charge is 0.339 e. The van der Waals surface area contributed by atoms with Crippen molar-refractivity contribution in [3.8, 4) is 0 Å². The van der Waals surface area contributed by atoms with Gasteiger partial charge in [0.15, 0.2) is 0 Å². The number of rotatable bonds is 4. The number of hydrogen-bond acceptors (Lipinski definition) is 4. The quantitative estimate of drug-likeness (QED) is 0.527. The maximum atomic E-state index is 11.8. The second-order valence-corrected chi connectivity index (χ2v) is 4.79. The number of esters is 1. The highest BCUT2D eigenvalue weighted by Crippen LogP contribution is 2.20. The number of nitrogens with zero attached hydrogens (tertiary/aromatic N) is 1. The van der Waals surface area contributed by atoms with Gasteiger partial charge in [0.1, 0.15) is 0 Å². The first-order valence-corrected chi connectivity index (χ1v) is 6.72. The van der Waals surface area contributed by atoms with Gasteiger partial charge in [0.25, 0.3) is 0 Å². The first-order valence-electron chi connectivity index (χ1n) is 5.93. The number of ether oxygens (including phenoxy) is 1. The van der Waals surface area contributed by atoms with E-state index in [9.17, 15) is 4.79 Å². The van der Waals surface area contributed by atoms with Crippen LogP contribution in [-0.2, 0) is 4.74 Å². The van der Waals surface area contributed by atoms with E-state index < -0.39 is 5.97 Å². The van der Waals surface area contributed by atoms with Gasteiger partial charge in [0.2, 0.25) is 0 Å². The summed E-state index contributed by atoms with van der Waals surface area (Å²) in [5.41, 5.74) is 4.90. The number of carbonyl (C=O) groups excluding carboxylic acids is 1. The Bertz CT molecular complexity index is 627. The predicted octanol–water partition coefficient (Wildman–Crippen LogP) is 3.68. The van der Waals surface area contributed by atoms with Crippen molar-refractivity contribution in [1.29, 1.82) is 0 Å². The number of carbonyl (C=O) groups is 1. The summed E-state index contributed by atoms with van der Waals surface area (Å²) in [6.07, 6.45) is 1.59. The highest BCUT2D eigenvalue weighted by atomic mass is 79.9. The van der Waals surface area contributed by atoms with Gasteiger partial charge in [-0.05, 0) is 34.1 Å². The van der Waals surface area contributed by atoms with E-state index in [0.29, 0.717) is 15.6 Å². The topological polar surface area (TPSA) is 50.7 Å². The van der Waals surface area contributed by atoms with Crippen molar-refractivity contribution in [1.82, 2.24) is 0 Å². The van der Waals surface area contributed by atoms with Gasteiger partial charge in [0.05, 0.1) is 24.6 Å². The third kappa shape index (κ3) is 3.45. The van der Waals surface area contributed by atoms with E-state index >= 15 is 0 Å². The number of anilines is 1. The highest BCUT2D eigenvalue weighted by molar-refractivity contribution is 9.10. The van der Waals surface area contributed by atoms with Gasteiger partial charge in [-0.15, -0.1) is 0 Å². The normalized spacial score (nSPS) is 10.5. The summed E-state index contributed by atoms with van der Waals surface area (Å²) in [7, 11) is 1.35. The molecule has 0 heterocycles. The van der Waals surface area contributed by atoms with Crippen molar-refractivity contribution in [2.75, 3.05) is 12.5 Å². The van der Waals surface area contributed by atoms with Crippen LogP contribution in [0.5, 0.6) is 0 Å². The highest BCUT2D eigenvalue weighted by Gasteiger charge is 2.14. The number of halogens is 1. The molecular formula is C15H13BrN2O2. The molecule has 4 nitrogen and oxygen atoms in total. The van der Waals surface area contributed by atoms with Gasteiger partial charge in [-0.2, -0.15) is 5.10 Å². The third-order valence-electron chi connectivity index (χ3n) is 2.61. The van der Waals surface area contributed by atoms with E-state index in [-0.39, 0.29) is 0 Å². The van der Waals surface area contributed by atoms with Gasteiger partial charge in [-0.3, -0.25) is 5.43 Å². The molecule has 0 spiro atoms. The van der Waals surface area contributed by atoms with Gasteiger partial charge >= 0.3 is 5.97 Å². The predicted molar refractivity (Wildman–Crippen MR) is 83.1 cm³/mol. The lowest BCUT2D eigenvalue weighted by atomic mass is 10.1. The van der Waals surface area contributed by atoms with Crippen molar-refractivity contribution in [3.05, 3.63) is 64.1 Å². The van der Waals surface area contributed by atoms with E-state index in [1.165, 1.54) is 7.11 Å². The fourth-order valence-electron chi connectivity index (χ4n) is 1.65. The Kier molecular flexibility index (Phi) is 4.90. The molecule has 0 atom stereocenters. The van der Waals surface area contributed by atoms with Crippen LogP contribution in [0.2, 0.25) is 0 Å². The van der Waals surface area contributed by atoms with Gasteiger partial charge in [0, 0.05) is 10.0 Å². The Hall–Kier alpha value is -2.14. The molecule has 1 N–H and O–H groups in total. The molecule has 0 aromatic heterocycles. The summed E-state index contributed by atoms with van der Waals surface area (Å²) in [5, 5.41) is 4.13. The lowest BCUT2D eigenvalue weighted by Crippen LogP contribution is -2.07. The van der Waals surface area contributed by atoms with Crippen molar-refractivity contribution < 1.29 is 9.53 Å². The summed E-state index contributed by atoms with van der Waals surface area (Å²) >= 11 is 3.34. The summed E-state index contributed by atoms with van der Waals surface area (Å²) < 4.78 is 5.45. The second-order valence-electron chi connectivity index (χ2n) is 3.93. The van der Waals surface area contributed by atoms with Gasteiger partial charge in [-0.1, -0.05) is 30.3 Å². The minimum atomic E-state index is -0.404. The Morgan fingerprint density at radius 2 is 1.95 bits per heavy atom. The first-order chi connectivity index (χ1) is 9.72. The number of hydrazone groups is 1. The average Bonchev–Trinajstić information content (AvgIpc) is 2.48. The first kappa shape index (κ1) is 14.3. The maximum absolute atomic E-state index is 11.8. The molecule has 2 rings (SSSR count). The zero-order chi connectivity index (χ0) is 14.4. The van der Waals surface area contributed by atoms with Crippen molar-refractivity contribution in [2.24, 2.45) is 5.10 Å². The van der Waals surface area contributed by atoms with Crippen LogP contribution in [0.15, 0.2) is 58.1 Å². The van der Waals surface area contributed by atoms with E-state index in [0.717, 1.165) is 5.69 Å². The zero-order valence-electron chi connectivity index (χ0n) is 10.8. The second kappa shape index (κ2) is 6.86. The molecule has 2 aromatic rings. The third-order valence-corrected chi connectivity index (χ3v) is 3.27. The lowest BCUT2D eigenvalue weighted by Gasteiger charge is -2.06. The Balaban J connectivity index is 2.21. The largest absolute Gasteiger partial charge is 0.465 e. The average molecular weight is 333 g/mol. The molecule has 0 aliphatic carbocycles. The minimum absolute atomic E-state index is 0.404. The Labute approximate surface area is 125 Å². The molecule has 2 aromatic carbocycles. The zero-order valence-corrected chi connectivity index (χ0v) is 12.4. The van der Waals surface area contributed by atoms with Crippen LogP contribution in [0.25, 0.3) is 0 Å². The molecule has 0 saturated heterocycles. The molecule has 102 valence electrons. The SMILES string of the molecule is COC(=O)c1c(Br)cccc1C=NNc1ccccc1. The summed E-state index contributed by atoms with van der Waals surface area (Å²) in [5.74, 6) is -0.404. The molecule has 5 heteroatoms. The summed E-state index contributed by atoms with van der Waals surface area (Å²) in [4.78, 5) is 11.8. The van der Waals surface area contributed by atoms with Crippen LogP contribution >= 0.6 is 15.9 Å². The van der Waals surface area contributed by atoms with Gasteiger partial charge < -0.3 is 4.74 Å². The van der Waals surface area contributed by atoms with Crippen LogP contribution < -0.4 is 5.43 Å². The van der Waals surface area contributed by atoms with Crippen molar-refractivity contribution in [2.45, 2.75) is 0 Å². The molecule has 0 aliphatic rings. The van der Waals surface area contributed by atoms with Crippen LogP contribution in [0.3, 0.4) is 0 Å². The molecule has 0 bridgehead atoms. The fourth-order valence-corrected chi connectivity index (χ4v) is 2.20. The maximum Gasteiger partial charge on any atom is 0.339 e. The van der Waals surface area contributed by atoms with Crippen LogP contribution in [0.1, 0.15) is 15.9 Å². The summed E-state index contributed by atoms with van der Waals surface area (Å²) in [6, 6.07) is 15.0. The number of hydrogen-bond donors (Lipinski definition) is 1. The monoisotopic (exact) mass is 332 g/mol. The number of para-hydroxylation sites is 1. The van der Waals surface area contributed by atoms with Crippen molar-refractivity contribution >= 4 is 33.8 Å².